The second kappa shape index (κ2) is 8.78. The number of Topliss-reactive ketones (excluding diaryl/α,β-unsaturated/α-hetero) is 2. The van der Waals surface area contributed by atoms with Gasteiger partial charge in [0.15, 0.2) is 11.6 Å². The van der Waals surface area contributed by atoms with Crippen LogP contribution < -0.4 is 9.80 Å². The lowest BCUT2D eigenvalue weighted by molar-refractivity contribution is -0.142. The summed E-state index contributed by atoms with van der Waals surface area (Å²) in [5.74, 6) is -2.66. The maximum absolute atomic E-state index is 12.9. The number of benzene rings is 2. The van der Waals surface area contributed by atoms with Gasteiger partial charge in [0.1, 0.15) is 23.3 Å². The van der Waals surface area contributed by atoms with Crippen LogP contribution in [0.5, 0.6) is 11.5 Å². The minimum atomic E-state index is -0.984. The fourth-order valence-corrected chi connectivity index (χ4v) is 4.25. The standard InChI is InChI=1S/C24H30N2O4/c1-5-25(6-2)15-9-11-17(19(27)13-15)21-23(29)22(24(21)30)18-12-10-16(14-20(18)28)26(7-3)8-4/h9-14,21-22,27-28H,5-8H2,1-4H3. The van der Waals surface area contributed by atoms with Gasteiger partial charge < -0.3 is 20.0 Å². The molecule has 0 amide bonds. The van der Waals surface area contributed by atoms with Gasteiger partial charge in [0.25, 0.3) is 0 Å². The minimum absolute atomic E-state index is 0.0503. The van der Waals surface area contributed by atoms with Crippen molar-refractivity contribution in [2.75, 3.05) is 36.0 Å². The summed E-state index contributed by atoms with van der Waals surface area (Å²) in [5, 5.41) is 21.0. The highest BCUT2D eigenvalue weighted by atomic mass is 16.3. The van der Waals surface area contributed by atoms with Crippen LogP contribution in [0.3, 0.4) is 0 Å². The Morgan fingerprint density at radius 2 is 1.00 bits per heavy atom. The number of phenols is 2. The van der Waals surface area contributed by atoms with Crippen LogP contribution in [0.15, 0.2) is 36.4 Å². The van der Waals surface area contributed by atoms with Crippen LogP contribution in [0.4, 0.5) is 11.4 Å². The first-order chi connectivity index (χ1) is 14.4. The molecule has 1 fully saturated rings. The van der Waals surface area contributed by atoms with Crippen LogP contribution in [-0.4, -0.2) is 48.0 Å². The zero-order valence-corrected chi connectivity index (χ0v) is 18.1. The zero-order valence-electron chi connectivity index (χ0n) is 18.1. The van der Waals surface area contributed by atoms with Crippen LogP contribution in [-0.2, 0) is 9.59 Å². The lowest BCUT2D eigenvalue weighted by Gasteiger charge is -2.34. The average Bonchev–Trinajstić information content (AvgIpc) is 2.73. The van der Waals surface area contributed by atoms with Crippen molar-refractivity contribution in [2.24, 2.45) is 0 Å². The number of anilines is 2. The van der Waals surface area contributed by atoms with E-state index < -0.39 is 11.8 Å². The van der Waals surface area contributed by atoms with Crippen molar-refractivity contribution in [1.29, 1.82) is 0 Å². The molecule has 0 atom stereocenters. The second-order valence-electron chi connectivity index (χ2n) is 7.50. The molecule has 0 aliphatic heterocycles. The molecule has 1 saturated carbocycles. The van der Waals surface area contributed by atoms with Crippen molar-refractivity contribution in [3.8, 4) is 11.5 Å². The lowest BCUT2D eigenvalue weighted by Crippen LogP contribution is -2.44. The maximum atomic E-state index is 12.9. The topological polar surface area (TPSA) is 81.1 Å². The quantitative estimate of drug-likeness (QED) is 0.644. The van der Waals surface area contributed by atoms with Crippen LogP contribution in [0.2, 0.25) is 0 Å². The smallest absolute Gasteiger partial charge is 0.162 e. The number of nitrogens with zero attached hydrogens (tertiary/aromatic N) is 2. The van der Waals surface area contributed by atoms with Gasteiger partial charge in [-0.25, -0.2) is 0 Å². The van der Waals surface area contributed by atoms with E-state index in [1.165, 1.54) is 0 Å². The van der Waals surface area contributed by atoms with Crippen LogP contribution >= 0.6 is 0 Å². The van der Waals surface area contributed by atoms with E-state index in [1.54, 1.807) is 24.3 Å². The molecule has 6 heteroatoms. The predicted octanol–water partition coefficient (Wildman–Crippen LogP) is 3.81. The van der Waals surface area contributed by atoms with Gasteiger partial charge in [-0.15, -0.1) is 0 Å². The fourth-order valence-electron chi connectivity index (χ4n) is 4.25. The molecule has 1 aliphatic carbocycles. The Hall–Kier alpha value is -3.02. The highest BCUT2D eigenvalue weighted by Crippen LogP contribution is 2.46. The summed E-state index contributed by atoms with van der Waals surface area (Å²) in [7, 11) is 0. The Morgan fingerprint density at radius 1 is 0.667 bits per heavy atom. The van der Waals surface area contributed by atoms with Crippen molar-refractivity contribution in [2.45, 2.75) is 39.5 Å². The Kier molecular flexibility index (Phi) is 6.34. The predicted molar refractivity (Wildman–Crippen MR) is 119 cm³/mol. The Balaban J connectivity index is 1.84. The molecule has 0 radical (unpaired) electrons. The monoisotopic (exact) mass is 410 g/mol. The van der Waals surface area contributed by atoms with E-state index in [0.29, 0.717) is 11.1 Å². The second-order valence-corrected chi connectivity index (χ2v) is 7.50. The molecule has 2 N–H and O–H groups in total. The number of carbonyl (C=O) groups is 2. The van der Waals surface area contributed by atoms with Crippen molar-refractivity contribution in [3.63, 3.8) is 0 Å². The van der Waals surface area contributed by atoms with Gasteiger partial charge in [-0.1, -0.05) is 12.1 Å². The average molecular weight is 411 g/mol. The summed E-state index contributed by atoms with van der Waals surface area (Å²) in [5.41, 5.74) is 2.36. The zero-order chi connectivity index (χ0) is 22.0. The van der Waals surface area contributed by atoms with E-state index in [0.717, 1.165) is 37.6 Å². The molecule has 0 saturated heterocycles. The third kappa shape index (κ3) is 3.62. The van der Waals surface area contributed by atoms with Gasteiger partial charge >= 0.3 is 0 Å². The minimum Gasteiger partial charge on any atom is -0.508 e. The van der Waals surface area contributed by atoms with E-state index in [1.807, 2.05) is 39.8 Å². The van der Waals surface area contributed by atoms with Gasteiger partial charge in [0.05, 0.1) is 0 Å². The maximum Gasteiger partial charge on any atom is 0.162 e. The molecule has 0 bridgehead atoms. The molecule has 0 heterocycles. The van der Waals surface area contributed by atoms with E-state index >= 15 is 0 Å². The molecule has 160 valence electrons. The highest BCUT2D eigenvalue weighted by molar-refractivity contribution is 6.31. The normalized spacial score (nSPS) is 18.3. The molecule has 2 aromatic carbocycles. The summed E-state index contributed by atoms with van der Waals surface area (Å²) in [6.45, 7) is 11.3. The van der Waals surface area contributed by atoms with E-state index in [-0.39, 0.29) is 23.1 Å². The molecule has 3 rings (SSSR count). The number of rotatable bonds is 8. The third-order valence-electron chi connectivity index (χ3n) is 6.05. The first-order valence-corrected chi connectivity index (χ1v) is 10.6. The Bertz CT molecular complexity index is 859. The van der Waals surface area contributed by atoms with Crippen molar-refractivity contribution in [1.82, 2.24) is 0 Å². The molecule has 30 heavy (non-hydrogen) atoms. The van der Waals surface area contributed by atoms with Crippen molar-refractivity contribution < 1.29 is 19.8 Å². The van der Waals surface area contributed by atoms with Crippen molar-refractivity contribution >= 4 is 22.9 Å². The Morgan fingerprint density at radius 3 is 1.27 bits per heavy atom. The SMILES string of the molecule is CCN(CC)c1ccc(C2C(=O)C(c3ccc(N(CC)CC)cc3O)C2=O)c(O)c1. The van der Waals surface area contributed by atoms with Gasteiger partial charge in [0, 0.05) is 60.8 Å². The highest BCUT2D eigenvalue weighted by Gasteiger charge is 2.52. The van der Waals surface area contributed by atoms with E-state index in [2.05, 4.69) is 9.80 Å². The molecule has 0 spiro atoms. The molecule has 2 aromatic rings. The third-order valence-corrected chi connectivity index (χ3v) is 6.05. The van der Waals surface area contributed by atoms with Gasteiger partial charge in [0.2, 0.25) is 0 Å². The van der Waals surface area contributed by atoms with Crippen LogP contribution in [0, 0.1) is 0 Å². The van der Waals surface area contributed by atoms with Crippen LogP contribution in [0.25, 0.3) is 0 Å². The number of ketones is 2. The molecule has 1 aliphatic rings. The summed E-state index contributed by atoms with van der Waals surface area (Å²) in [4.78, 5) is 29.9. The number of carbonyl (C=O) groups excluding carboxylic acids is 2. The molecular weight excluding hydrogens is 380 g/mol. The van der Waals surface area contributed by atoms with Crippen LogP contribution in [0.1, 0.15) is 50.7 Å². The van der Waals surface area contributed by atoms with Gasteiger partial charge in [-0.2, -0.15) is 0 Å². The number of hydrogen-bond donors (Lipinski definition) is 2. The first-order valence-electron chi connectivity index (χ1n) is 10.6. The van der Waals surface area contributed by atoms with E-state index in [4.69, 9.17) is 0 Å². The lowest BCUT2D eigenvalue weighted by atomic mass is 9.65. The molecule has 0 unspecified atom stereocenters. The molecule has 0 aromatic heterocycles. The number of phenolic OH excluding ortho intramolecular Hbond substituents is 2. The Labute approximate surface area is 177 Å². The fraction of sp³-hybridized carbons (Fsp3) is 0.417. The molecule has 6 nitrogen and oxygen atoms in total. The van der Waals surface area contributed by atoms with Gasteiger partial charge in [-0.3, -0.25) is 9.59 Å². The number of hydrogen-bond acceptors (Lipinski definition) is 6. The first kappa shape index (κ1) is 21.7. The summed E-state index contributed by atoms with van der Waals surface area (Å²) < 4.78 is 0. The molecular formula is C24H30N2O4. The summed E-state index contributed by atoms with van der Waals surface area (Å²) in [6, 6.07) is 10.2. The summed E-state index contributed by atoms with van der Waals surface area (Å²) >= 11 is 0. The van der Waals surface area contributed by atoms with E-state index in [9.17, 15) is 19.8 Å². The van der Waals surface area contributed by atoms with Gasteiger partial charge in [-0.05, 0) is 39.8 Å². The van der Waals surface area contributed by atoms with Crippen molar-refractivity contribution in [3.05, 3.63) is 47.5 Å². The largest absolute Gasteiger partial charge is 0.508 e. The summed E-state index contributed by atoms with van der Waals surface area (Å²) in [6.07, 6.45) is 0. The number of aromatic hydroxyl groups is 2.